The van der Waals surface area contributed by atoms with Crippen LogP contribution in [0.5, 0.6) is 0 Å². The van der Waals surface area contributed by atoms with Crippen LogP contribution in [0.1, 0.15) is 13.3 Å². The molecule has 6 nitrogen and oxygen atoms in total. The lowest BCUT2D eigenvalue weighted by Crippen LogP contribution is -2.60. The number of urea groups is 1. The van der Waals surface area contributed by atoms with Gasteiger partial charge in [0.1, 0.15) is 12.6 Å². The van der Waals surface area contributed by atoms with E-state index in [1.54, 1.807) is 31.2 Å². The summed E-state index contributed by atoms with van der Waals surface area (Å²) in [4.78, 5) is 36.5. The van der Waals surface area contributed by atoms with Crippen molar-refractivity contribution >= 4 is 35.1 Å². The summed E-state index contributed by atoms with van der Waals surface area (Å²) in [6, 6.07) is 5.58. The van der Waals surface area contributed by atoms with Crippen LogP contribution < -0.4 is 10.6 Å². The monoisotopic (exact) mass is 295 g/mol. The summed E-state index contributed by atoms with van der Waals surface area (Å²) < 4.78 is 0. The molecule has 2 rings (SSSR count). The van der Waals surface area contributed by atoms with E-state index in [4.69, 9.17) is 11.6 Å². The maximum Gasteiger partial charge on any atom is 0.323 e. The van der Waals surface area contributed by atoms with Gasteiger partial charge in [0.05, 0.1) is 10.7 Å². The number of hydrogen-bond acceptors (Lipinski definition) is 3. The summed E-state index contributed by atoms with van der Waals surface area (Å²) >= 11 is 5.96. The third kappa shape index (κ3) is 2.91. The molecule has 7 heteroatoms. The smallest absolute Gasteiger partial charge is 0.306 e. The molecule has 0 saturated carbocycles. The van der Waals surface area contributed by atoms with E-state index in [1.807, 2.05) is 0 Å². The first-order chi connectivity index (χ1) is 9.52. The Balaban J connectivity index is 2.16. The second-order valence-corrected chi connectivity index (χ2v) is 4.78. The van der Waals surface area contributed by atoms with Crippen molar-refractivity contribution in [3.05, 3.63) is 29.3 Å². The number of rotatable bonds is 2. The molecule has 4 amide bonds. The van der Waals surface area contributed by atoms with Gasteiger partial charge in [-0.05, 0) is 18.6 Å². The average molecular weight is 296 g/mol. The fraction of sp³-hybridized carbons (Fsp3) is 0.308. The summed E-state index contributed by atoms with van der Waals surface area (Å²) in [5.74, 6) is -0.952. The molecule has 0 bridgehead atoms. The van der Waals surface area contributed by atoms with E-state index in [2.05, 4.69) is 10.6 Å². The van der Waals surface area contributed by atoms with Crippen LogP contribution in [0, 0.1) is 0 Å². The molecular formula is C13H14ClN3O3. The molecule has 1 saturated heterocycles. The number of para-hydroxylation sites is 1. The molecule has 1 unspecified atom stereocenters. The van der Waals surface area contributed by atoms with Crippen LogP contribution in [0.4, 0.5) is 10.5 Å². The van der Waals surface area contributed by atoms with E-state index in [-0.39, 0.29) is 6.54 Å². The van der Waals surface area contributed by atoms with Gasteiger partial charge in [0.15, 0.2) is 0 Å². The number of amides is 4. The predicted molar refractivity (Wildman–Crippen MR) is 74.4 cm³/mol. The molecule has 1 heterocycles. The highest BCUT2D eigenvalue weighted by atomic mass is 35.5. The molecular weight excluding hydrogens is 282 g/mol. The number of nitrogens with zero attached hydrogens (tertiary/aromatic N) is 1. The molecule has 0 aromatic heterocycles. The molecule has 0 aliphatic carbocycles. The highest BCUT2D eigenvalue weighted by Crippen LogP contribution is 2.21. The summed E-state index contributed by atoms with van der Waals surface area (Å²) in [6.07, 6.45) is 0.426. The van der Waals surface area contributed by atoms with Gasteiger partial charge < -0.3 is 10.2 Å². The normalized spacial score (nSPS) is 18.7. The topological polar surface area (TPSA) is 78.5 Å². The van der Waals surface area contributed by atoms with Crippen LogP contribution in [0.2, 0.25) is 5.02 Å². The lowest BCUT2D eigenvalue weighted by atomic mass is 10.1. The molecule has 0 spiro atoms. The van der Waals surface area contributed by atoms with Crippen molar-refractivity contribution in [1.29, 1.82) is 0 Å². The minimum absolute atomic E-state index is 0.152. The molecule has 0 radical (unpaired) electrons. The van der Waals surface area contributed by atoms with E-state index >= 15 is 0 Å². The molecule has 20 heavy (non-hydrogen) atoms. The zero-order valence-electron chi connectivity index (χ0n) is 10.9. The average Bonchev–Trinajstić information content (AvgIpc) is 2.40. The van der Waals surface area contributed by atoms with Gasteiger partial charge in [-0.25, -0.2) is 4.79 Å². The fourth-order valence-electron chi connectivity index (χ4n) is 2.04. The second-order valence-electron chi connectivity index (χ2n) is 4.37. The largest absolute Gasteiger partial charge is 0.323 e. The standard InChI is InChI=1S/C13H14ClN3O3/c1-2-10-12(19)16-11(18)7-17(10)13(20)15-9-6-4-3-5-8(9)14/h3-6,10H,2,7H2,1H3,(H,15,20)(H,16,18,19). The molecule has 1 aliphatic rings. The Morgan fingerprint density at radius 2 is 2.15 bits per heavy atom. The molecule has 1 aromatic carbocycles. The fourth-order valence-corrected chi connectivity index (χ4v) is 2.22. The third-order valence-corrected chi connectivity index (χ3v) is 3.35. The quantitative estimate of drug-likeness (QED) is 0.814. The van der Waals surface area contributed by atoms with Crippen molar-refractivity contribution in [3.8, 4) is 0 Å². The van der Waals surface area contributed by atoms with Crippen molar-refractivity contribution in [2.75, 3.05) is 11.9 Å². The number of benzene rings is 1. The number of nitrogens with one attached hydrogen (secondary N) is 2. The van der Waals surface area contributed by atoms with Gasteiger partial charge in [0.2, 0.25) is 11.8 Å². The lowest BCUT2D eigenvalue weighted by Gasteiger charge is -2.33. The molecule has 1 atom stereocenters. The van der Waals surface area contributed by atoms with Crippen LogP contribution >= 0.6 is 11.6 Å². The van der Waals surface area contributed by atoms with Gasteiger partial charge in [-0.15, -0.1) is 0 Å². The number of anilines is 1. The first-order valence-corrected chi connectivity index (χ1v) is 6.56. The first-order valence-electron chi connectivity index (χ1n) is 6.18. The SMILES string of the molecule is CCC1C(=O)NC(=O)CN1C(=O)Nc1ccccc1Cl. The maximum absolute atomic E-state index is 12.2. The van der Waals surface area contributed by atoms with Gasteiger partial charge >= 0.3 is 6.03 Å². The second kappa shape index (κ2) is 5.92. The lowest BCUT2D eigenvalue weighted by molar-refractivity contribution is -0.138. The molecule has 1 fully saturated rings. The number of carbonyl (C=O) groups is 3. The molecule has 106 valence electrons. The van der Waals surface area contributed by atoms with Gasteiger partial charge in [0.25, 0.3) is 0 Å². The number of carbonyl (C=O) groups excluding carboxylic acids is 3. The van der Waals surface area contributed by atoms with Gasteiger partial charge in [-0.2, -0.15) is 0 Å². The Kier molecular flexibility index (Phi) is 4.24. The minimum Gasteiger partial charge on any atom is -0.306 e. The Morgan fingerprint density at radius 3 is 2.80 bits per heavy atom. The first kappa shape index (κ1) is 14.3. The number of halogens is 1. The Labute approximate surface area is 121 Å². The van der Waals surface area contributed by atoms with E-state index in [0.717, 1.165) is 0 Å². The van der Waals surface area contributed by atoms with Crippen molar-refractivity contribution < 1.29 is 14.4 Å². The highest BCUT2D eigenvalue weighted by molar-refractivity contribution is 6.33. The van der Waals surface area contributed by atoms with Gasteiger partial charge in [0, 0.05) is 0 Å². The van der Waals surface area contributed by atoms with E-state index in [1.165, 1.54) is 4.90 Å². The molecule has 2 N–H and O–H groups in total. The predicted octanol–water partition coefficient (Wildman–Crippen LogP) is 1.61. The zero-order chi connectivity index (χ0) is 14.7. The molecule has 1 aromatic rings. The van der Waals surface area contributed by atoms with Crippen LogP contribution in [0.3, 0.4) is 0 Å². The third-order valence-electron chi connectivity index (χ3n) is 3.02. The van der Waals surface area contributed by atoms with Crippen molar-refractivity contribution in [2.45, 2.75) is 19.4 Å². The van der Waals surface area contributed by atoms with Crippen LogP contribution in [-0.4, -0.2) is 35.3 Å². The van der Waals surface area contributed by atoms with Crippen molar-refractivity contribution in [2.24, 2.45) is 0 Å². The summed E-state index contributed by atoms with van der Waals surface area (Å²) in [7, 11) is 0. The van der Waals surface area contributed by atoms with E-state index < -0.39 is 23.9 Å². The highest BCUT2D eigenvalue weighted by Gasteiger charge is 2.35. The summed E-state index contributed by atoms with van der Waals surface area (Å²) in [6.45, 7) is 1.62. The van der Waals surface area contributed by atoms with Gasteiger partial charge in [-0.3, -0.25) is 14.9 Å². The summed E-state index contributed by atoms with van der Waals surface area (Å²) in [5, 5.41) is 5.21. The Morgan fingerprint density at radius 1 is 1.45 bits per heavy atom. The Bertz CT molecular complexity index is 562. The number of piperazine rings is 1. The number of imide groups is 1. The van der Waals surface area contributed by atoms with Gasteiger partial charge in [-0.1, -0.05) is 30.7 Å². The molecule has 1 aliphatic heterocycles. The maximum atomic E-state index is 12.2. The van der Waals surface area contributed by atoms with Crippen LogP contribution in [-0.2, 0) is 9.59 Å². The Hall–Kier alpha value is -2.08. The van der Waals surface area contributed by atoms with Crippen LogP contribution in [0.25, 0.3) is 0 Å². The number of hydrogen-bond donors (Lipinski definition) is 2. The zero-order valence-corrected chi connectivity index (χ0v) is 11.6. The van der Waals surface area contributed by atoms with Crippen LogP contribution in [0.15, 0.2) is 24.3 Å². The summed E-state index contributed by atoms with van der Waals surface area (Å²) in [5.41, 5.74) is 0.437. The van der Waals surface area contributed by atoms with E-state index in [9.17, 15) is 14.4 Å². The van der Waals surface area contributed by atoms with E-state index in [0.29, 0.717) is 17.1 Å². The van der Waals surface area contributed by atoms with Crippen molar-refractivity contribution in [3.63, 3.8) is 0 Å². The van der Waals surface area contributed by atoms with Crippen molar-refractivity contribution in [1.82, 2.24) is 10.2 Å². The minimum atomic E-state index is -0.657.